The van der Waals surface area contributed by atoms with Crippen molar-refractivity contribution in [3.63, 3.8) is 0 Å². The lowest BCUT2D eigenvalue weighted by molar-refractivity contribution is -0.137. The summed E-state index contributed by atoms with van der Waals surface area (Å²) in [5, 5.41) is 13.9. The second kappa shape index (κ2) is 5.42. The van der Waals surface area contributed by atoms with Gasteiger partial charge in [0.2, 0.25) is 0 Å². The van der Waals surface area contributed by atoms with Crippen LogP contribution in [0.25, 0.3) is 10.9 Å². The zero-order chi connectivity index (χ0) is 16.6. The molecule has 1 aromatic heterocycles. The van der Waals surface area contributed by atoms with Crippen LogP contribution in [0.15, 0.2) is 48.7 Å². The van der Waals surface area contributed by atoms with E-state index in [1.54, 1.807) is 18.3 Å². The number of aromatic carboxylic acids is 1. The van der Waals surface area contributed by atoms with E-state index in [1.807, 2.05) is 0 Å². The molecule has 0 saturated carbocycles. The van der Waals surface area contributed by atoms with Crippen molar-refractivity contribution in [2.75, 3.05) is 0 Å². The maximum atomic E-state index is 12.7. The summed E-state index contributed by atoms with van der Waals surface area (Å²) in [6, 6.07) is 9.54. The zero-order valence-corrected chi connectivity index (χ0v) is 11.7. The van der Waals surface area contributed by atoms with Crippen LogP contribution in [0.4, 0.5) is 13.2 Å². The third-order valence-corrected chi connectivity index (χ3v) is 3.40. The molecule has 3 rings (SSSR count). The molecule has 3 aromatic rings. The predicted octanol–water partition coefficient (Wildman–Crippen LogP) is 3.80. The summed E-state index contributed by atoms with van der Waals surface area (Å²) in [6.07, 6.45) is -2.72. The third-order valence-electron chi connectivity index (χ3n) is 3.40. The number of carbonyl (C=O) groups is 1. The predicted molar refractivity (Wildman–Crippen MR) is 77.2 cm³/mol. The highest BCUT2D eigenvalue weighted by atomic mass is 19.4. The molecule has 118 valence electrons. The van der Waals surface area contributed by atoms with Gasteiger partial charge in [0.05, 0.1) is 23.2 Å². The second-order valence-electron chi connectivity index (χ2n) is 5.10. The van der Waals surface area contributed by atoms with Gasteiger partial charge in [0, 0.05) is 11.6 Å². The molecule has 0 atom stereocenters. The van der Waals surface area contributed by atoms with Gasteiger partial charge in [-0.05, 0) is 29.8 Å². The van der Waals surface area contributed by atoms with Crippen LogP contribution in [0.2, 0.25) is 0 Å². The monoisotopic (exact) mass is 320 g/mol. The van der Waals surface area contributed by atoms with Gasteiger partial charge in [0.15, 0.2) is 0 Å². The van der Waals surface area contributed by atoms with E-state index in [9.17, 15) is 18.0 Å². The highest BCUT2D eigenvalue weighted by molar-refractivity contribution is 5.92. The van der Waals surface area contributed by atoms with Gasteiger partial charge in [-0.3, -0.25) is 4.68 Å². The molecule has 0 aliphatic carbocycles. The molecule has 0 aliphatic rings. The summed E-state index contributed by atoms with van der Waals surface area (Å²) in [6.45, 7) is 0.168. The Labute approximate surface area is 128 Å². The van der Waals surface area contributed by atoms with Crippen LogP contribution in [-0.4, -0.2) is 20.9 Å². The molecule has 2 aromatic carbocycles. The van der Waals surface area contributed by atoms with Crippen molar-refractivity contribution in [1.82, 2.24) is 9.78 Å². The lowest BCUT2D eigenvalue weighted by Gasteiger charge is -2.08. The Hall–Kier alpha value is -2.83. The lowest BCUT2D eigenvalue weighted by Crippen LogP contribution is -2.07. The first-order valence-corrected chi connectivity index (χ1v) is 6.69. The number of benzene rings is 2. The van der Waals surface area contributed by atoms with Gasteiger partial charge in [-0.2, -0.15) is 18.3 Å². The highest BCUT2D eigenvalue weighted by Gasteiger charge is 2.30. The molecule has 23 heavy (non-hydrogen) atoms. The van der Waals surface area contributed by atoms with Gasteiger partial charge in [0.25, 0.3) is 0 Å². The van der Waals surface area contributed by atoms with E-state index in [0.717, 1.165) is 17.5 Å². The van der Waals surface area contributed by atoms with Crippen molar-refractivity contribution in [2.45, 2.75) is 12.7 Å². The molecule has 0 aliphatic heterocycles. The topological polar surface area (TPSA) is 55.1 Å². The first kappa shape index (κ1) is 15.1. The number of aromatic nitrogens is 2. The summed E-state index contributed by atoms with van der Waals surface area (Å²) in [7, 11) is 0. The first-order chi connectivity index (χ1) is 10.8. The van der Waals surface area contributed by atoms with E-state index in [-0.39, 0.29) is 12.1 Å². The Morgan fingerprint density at radius 3 is 2.65 bits per heavy atom. The van der Waals surface area contributed by atoms with Crippen LogP contribution < -0.4 is 0 Å². The fourth-order valence-electron chi connectivity index (χ4n) is 2.31. The van der Waals surface area contributed by atoms with Gasteiger partial charge >= 0.3 is 12.1 Å². The summed E-state index contributed by atoms with van der Waals surface area (Å²) in [5.41, 5.74) is 0.352. The van der Waals surface area contributed by atoms with Crippen LogP contribution in [0.3, 0.4) is 0 Å². The summed E-state index contributed by atoms with van der Waals surface area (Å²) in [4.78, 5) is 10.9. The average Bonchev–Trinajstić information content (AvgIpc) is 2.87. The molecular weight excluding hydrogens is 309 g/mol. The average molecular weight is 320 g/mol. The fourth-order valence-corrected chi connectivity index (χ4v) is 2.31. The lowest BCUT2D eigenvalue weighted by atomic mass is 10.1. The number of carboxylic acids is 1. The summed E-state index contributed by atoms with van der Waals surface area (Å²) >= 11 is 0. The molecule has 0 saturated heterocycles. The van der Waals surface area contributed by atoms with E-state index in [0.29, 0.717) is 11.1 Å². The van der Waals surface area contributed by atoms with Crippen molar-refractivity contribution in [2.24, 2.45) is 0 Å². The van der Waals surface area contributed by atoms with Gasteiger partial charge in [-0.1, -0.05) is 18.2 Å². The van der Waals surface area contributed by atoms with Crippen molar-refractivity contribution in [1.29, 1.82) is 0 Å². The van der Waals surface area contributed by atoms with Crippen LogP contribution in [0, 0.1) is 0 Å². The molecule has 0 spiro atoms. The summed E-state index contributed by atoms with van der Waals surface area (Å²) < 4.78 is 39.6. The van der Waals surface area contributed by atoms with Crippen LogP contribution in [0.1, 0.15) is 21.5 Å². The standard InChI is InChI=1S/C16H11F3N2O2/c17-16(18,19)13-3-1-2-10(6-13)8-21-9-12-5-4-11(15(22)23)7-14(12)20-21/h1-7,9H,8H2,(H,22,23). The Morgan fingerprint density at radius 2 is 1.96 bits per heavy atom. The molecule has 0 radical (unpaired) electrons. The molecule has 1 heterocycles. The van der Waals surface area contributed by atoms with Crippen molar-refractivity contribution < 1.29 is 23.1 Å². The zero-order valence-electron chi connectivity index (χ0n) is 11.7. The molecule has 4 nitrogen and oxygen atoms in total. The largest absolute Gasteiger partial charge is 0.478 e. The van der Waals surface area contributed by atoms with Gasteiger partial charge in [-0.25, -0.2) is 4.79 Å². The number of alkyl halides is 3. The number of hydrogen-bond donors (Lipinski definition) is 1. The van der Waals surface area contributed by atoms with Gasteiger partial charge in [-0.15, -0.1) is 0 Å². The third kappa shape index (κ3) is 3.18. The Kier molecular flexibility index (Phi) is 3.55. The molecule has 1 N–H and O–H groups in total. The minimum Gasteiger partial charge on any atom is -0.478 e. The van der Waals surface area contributed by atoms with E-state index in [2.05, 4.69) is 5.10 Å². The molecule has 0 amide bonds. The molecule has 7 heteroatoms. The molecule has 0 fully saturated rings. The Bertz CT molecular complexity index is 884. The van der Waals surface area contributed by atoms with Crippen LogP contribution in [0.5, 0.6) is 0 Å². The molecular formula is C16H11F3N2O2. The minimum absolute atomic E-state index is 0.113. The van der Waals surface area contributed by atoms with E-state index in [4.69, 9.17) is 5.11 Å². The maximum Gasteiger partial charge on any atom is 0.416 e. The quantitative estimate of drug-likeness (QED) is 0.798. The maximum absolute atomic E-state index is 12.7. The van der Waals surface area contributed by atoms with Gasteiger partial charge in [0.1, 0.15) is 0 Å². The highest BCUT2D eigenvalue weighted by Crippen LogP contribution is 2.29. The smallest absolute Gasteiger partial charge is 0.416 e. The van der Waals surface area contributed by atoms with Crippen molar-refractivity contribution in [3.8, 4) is 0 Å². The Morgan fingerprint density at radius 1 is 1.17 bits per heavy atom. The first-order valence-electron chi connectivity index (χ1n) is 6.69. The van der Waals surface area contributed by atoms with E-state index in [1.165, 1.54) is 22.9 Å². The van der Waals surface area contributed by atoms with Crippen molar-refractivity contribution >= 4 is 16.9 Å². The Balaban J connectivity index is 1.91. The van der Waals surface area contributed by atoms with Gasteiger partial charge < -0.3 is 5.11 Å². The SMILES string of the molecule is O=C(O)c1ccc2cn(Cc3cccc(C(F)(F)F)c3)nc2c1. The molecule has 0 unspecified atom stereocenters. The molecule has 0 bridgehead atoms. The number of hydrogen-bond acceptors (Lipinski definition) is 2. The number of fused-ring (bicyclic) bond motifs is 1. The number of carboxylic acid groups (broad SMARTS) is 1. The number of nitrogens with zero attached hydrogens (tertiary/aromatic N) is 2. The fraction of sp³-hybridized carbons (Fsp3) is 0.125. The van der Waals surface area contributed by atoms with Crippen LogP contribution >= 0.6 is 0 Å². The summed E-state index contributed by atoms with van der Waals surface area (Å²) in [5.74, 6) is -1.06. The van der Waals surface area contributed by atoms with Crippen molar-refractivity contribution in [3.05, 3.63) is 65.4 Å². The second-order valence-corrected chi connectivity index (χ2v) is 5.10. The number of rotatable bonds is 3. The number of halogens is 3. The van der Waals surface area contributed by atoms with Crippen LogP contribution in [-0.2, 0) is 12.7 Å². The normalized spacial score (nSPS) is 11.8. The van der Waals surface area contributed by atoms with E-state index >= 15 is 0 Å². The minimum atomic E-state index is -4.39. The van der Waals surface area contributed by atoms with E-state index < -0.39 is 17.7 Å².